The zero-order valence-corrected chi connectivity index (χ0v) is 12.1. The van der Waals surface area contributed by atoms with Gasteiger partial charge in [-0.15, -0.1) is 0 Å². The van der Waals surface area contributed by atoms with Gasteiger partial charge in [-0.3, -0.25) is 4.79 Å². The smallest absolute Gasteiger partial charge is 0.235 e. The molecule has 2 unspecified atom stereocenters. The Morgan fingerprint density at radius 3 is 2.00 bits per heavy atom. The van der Waals surface area contributed by atoms with Gasteiger partial charge < -0.3 is 10.6 Å². The van der Waals surface area contributed by atoms with Crippen molar-refractivity contribution in [3.05, 3.63) is 0 Å². The molecule has 2 N–H and O–H groups in total. The molecule has 0 radical (unpaired) electrons. The van der Waals surface area contributed by atoms with E-state index >= 15 is 0 Å². The highest BCUT2D eigenvalue weighted by molar-refractivity contribution is 7.80. The maximum Gasteiger partial charge on any atom is 0.235 e. The fraction of sp³-hybridized carbons (Fsp3) is 0.846. The molecule has 3 nitrogen and oxygen atoms in total. The summed E-state index contributed by atoms with van der Waals surface area (Å²) in [4.78, 5) is 14.9. The largest absolute Gasteiger partial charge is 0.392 e. The molecule has 1 rings (SSSR count). The Labute approximate surface area is 110 Å². The van der Waals surface area contributed by atoms with Gasteiger partial charge in [-0.05, 0) is 24.7 Å². The molecule has 1 aliphatic heterocycles. The van der Waals surface area contributed by atoms with Gasteiger partial charge in [-0.2, -0.15) is 0 Å². The Bertz CT molecular complexity index is 303. The first-order valence-electron chi connectivity index (χ1n) is 6.48. The minimum Gasteiger partial charge on any atom is -0.392 e. The summed E-state index contributed by atoms with van der Waals surface area (Å²) in [6.45, 7) is 10.0. The van der Waals surface area contributed by atoms with Gasteiger partial charge in [0, 0.05) is 13.1 Å². The Morgan fingerprint density at radius 1 is 1.29 bits per heavy atom. The van der Waals surface area contributed by atoms with Gasteiger partial charge in [0.25, 0.3) is 0 Å². The Kier molecular flexibility index (Phi) is 4.53. The maximum absolute atomic E-state index is 12.6. The molecular formula is C13H24N2OS. The number of rotatable bonds is 4. The number of hydrogen-bond acceptors (Lipinski definition) is 2. The lowest BCUT2D eigenvalue weighted by Gasteiger charge is -2.33. The Hall–Kier alpha value is -0.640. The Balaban J connectivity index is 2.91. The molecule has 1 amide bonds. The van der Waals surface area contributed by atoms with Crippen LogP contribution in [0.4, 0.5) is 0 Å². The van der Waals surface area contributed by atoms with Crippen LogP contribution >= 0.6 is 12.2 Å². The third-order valence-electron chi connectivity index (χ3n) is 4.36. The lowest BCUT2D eigenvalue weighted by molar-refractivity contribution is -0.137. The second kappa shape index (κ2) is 5.34. The molecule has 0 aromatic carbocycles. The highest BCUT2D eigenvalue weighted by atomic mass is 32.1. The third kappa shape index (κ3) is 2.46. The molecule has 1 aliphatic rings. The van der Waals surface area contributed by atoms with Gasteiger partial charge in [0.05, 0.1) is 10.4 Å². The van der Waals surface area contributed by atoms with Crippen LogP contribution in [0.15, 0.2) is 0 Å². The van der Waals surface area contributed by atoms with E-state index in [0.717, 1.165) is 13.1 Å². The summed E-state index contributed by atoms with van der Waals surface area (Å²) in [5, 5.41) is 0. The molecule has 2 atom stereocenters. The monoisotopic (exact) mass is 256 g/mol. The third-order valence-corrected chi connectivity index (χ3v) is 4.75. The second-order valence-electron chi connectivity index (χ2n) is 5.32. The summed E-state index contributed by atoms with van der Waals surface area (Å²) < 4.78 is 0. The molecule has 0 aromatic heterocycles. The average molecular weight is 256 g/mol. The molecule has 0 aliphatic carbocycles. The van der Waals surface area contributed by atoms with Gasteiger partial charge in [0.15, 0.2) is 0 Å². The maximum atomic E-state index is 12.6. The van der Waals surface area contributed by atoms with E-state index in [1.807, 2.05) is 18.7 Å². The molecule has 0 spiro atoms. The number of nitrogens with zero attached hydrogens (tertiary/aromatic N) is 1. The number of amides is 1. The first-order chi connectivity index (χ1) is 7.89. The van der Waals surface area contributed by atoms with Crippen molar-refractivity contribution in [3.8, 4) is 0 Å². The van der Waals surface area contributed by atoms with Crippen LogP contribution in [0, 0.1) is 17.3 Å². The number of hydrogen-bond donors (Lipinski definition) is 1. The normalized spacial score (nSPS) is 25.1. The van der Waals surface area contributed by atoms with Gasteiger partial charge in [0.1, 0.15) is 0 Å². The van der Waals surface area contributed by atoms with Crippen LogP contribution in [0.25, 0.3) is 0 Å². The van der Waals surface area contributed by atoms with E-state index in [2.05, 4.69) is 13.8 Å². The van der Waals surface area contributed by atoms with Crippen LogP contribution in [0.2, 0.25) is 0 Å². The fourth-order valence-electron chi connectivity index (χ4n) is 2.60. The van der Waals surface area contributed by atoms with Crippen LogP contribution in [0.1, 0.15) is 40.5 Å². The zero-order chi connectivity index (χ0) is 13.2. The first-order valence-corrected chi connectivity index (χ1v) is 6.89. The lowest BCUT2D eigenvalue weighted by Crippen LogP contribution is -2.49. The first kappa shape index (κ1) is 14.4. The summed E-state index contributed by atoms with van der Waals surface area (Å²) in [6, 6.07) is 0. The highest BCUT2D eigenvalue weighted by Crippen LogP contribution is 2.33. The van der Waals surface area contributed by atoms with Gasteiger partial charge >= 0.3 is 0 Å². The van der Waals surface area contributed by atoms with Crippen LogP contribution < -0.4 is 5.73 Å². The van der Waals surface area contributed by atoms with Crippen molar-refractivity contribution in [3.63, 3.8) is 0 Å². The molecule has 4 heteroatoms. The number of likely N-dealkylation sites (tertiary alicyclic amines) is 1. The molecule has 98 valence electrons. The average Bonchev–Trinajstić information content (AvgIpc) is 2.61. The molecule has 1 saturated heterocycles. The molecule has 1 fully saturated rings. The predicted molar refractivity (Wildman–Crippen MR) is 74.7 cm³/mol. The standard InChI is InChI=1S/C13H24N2OS/c1-5-13(6-2,11(14)17)12(16)15-7-9(3)10(4)8-15/h9-10H,5-8H2,1-4H3,(H2,14,17). The molecule has 0 saturated carbocycles. The topological polar surface area (TPSA) is 46.3 Å². The summed E-state index contributed by atoms with van der Waals surface area (Å²) in [7, 11) is 0. The SMILES string of the molecule is CCC(CC)(C(=O)N1CC(C)C(C)C1)C(N)=S. The van der Waals surface area contributed by atoms with Crippen molar-refractivity contribution in [2.24, 2.45) is 23.0 Å². The van der Waals surface area contributed by atoms with Gasteiger partial charge in [-0.25, -0.2) is 0 Å². The van der Waals surface area contributed by atoms with Gasteiger partial charge in [0.2, 0.25) is 5.91 Å². The zero-order valence-electron chi connectivity index (χ0n) is 11.3. The molecule has 0 bridgehead atoms. The Morgan fingerprint density at radius 2 is 1.71 bits per heavy atom. The molecule has 1 heterocycles. The van der Waals surface area contributed by atoms with E-state index < -0.39 is 5.41 Å². The minimum absolute atomic E-state index is 0.131. The van der Waals surface area contributed by atoms with Crippen molar-refractivity contribution in [2.75, 3.05) is 13.1 Å². The van der Waals surface area contributed by atoms with Gasteiger partial charge in [-0.1, -0.05) is 39.9 Å². The predicted octanol–water partition coefficient (Wildman–Crippen LogP) is 2.19. The van der Waals surface area contributed by atoms with Crippen molar-refractivity contribution in [1.82, 2.24) is 4.90 Å². The summed E-state index contributed by atoms with van der Waals surface area (Å²) >= 11 is 5.13. The van der Waals surface area contributed by atoms with Crippen LogP contribution in [0.3, 0.4) is 0 Å². The van der Waals surface area contributed by atoms with Crippen LogP contribution in [-0.4, -0.2) is 28.9 Å². The molecule has 17 heavy (non-hydrogen) atoms. The second-order valence-corrected chi connectivity index (χ2v) is 5.76. The van der Waals surface area contributed by atoms with Crippen molar-refractivity contribution in [2.45, 2.75) is 40.5 Å². The highest BCUT2D eigenvalue weighted by Gasteiger charge is 2.43. The van der Waals surface area contributed by atoms with E-state index in [-0.39, 0.29) is 5.91 Å². The van der Waals surface area contributed by atoms with E-state index in [4.69, 9.17) is 18.0 Å². The number of nitrogens with two attached hydrogens (primary N) is 1. The molecular weight excluding hydrogens is 232 g/mol. The van der Waals surface area contributed by atoms with Crippen molar-refractivity contribution < 1.29 is 4.79 Å². The summed E-state index contributed by atoms with van der Waals surface area (Å²) in [6.07, 6.45) is 1.38. The van der Waals surface area contributed by atoms with Crippen molar-refractivity contribution in [1.29, 1.82) is 0 Å². The lowest BCUT2D eigenvalue weighted by atomic mass is 9.80. The number of thiocarbonyl (C=S) groups is 1. The fourth-order valence-corrected chi connectivity index (χ4v) is 2.98. The molecule has 0 aromatic rings. The van der Waals surface area contributed by atoms with Crippen LogP contribution in [0.5, 0.6) is 0 Å². The quantitative estimate of drug-likeness (QED) is 0.784. The van der Waals surface area contributed by atoms with E-state index in [0.29, 0.717) is 29.7 Å². The van der Waals surface area contributed by atoms with Crippen molar-refractivity contribution >= 4 is 23.1 Å². The van der Waals surface area contributed by atoms with Crippen LogP contribution in [-0.2, 0) is 4.79 Å². The van der Waals surface area contributed by atoms with E-state index in [1.165, 1.54) is 0 Å². The summed E-state index contributed by atoms with van der Waals surface area (Å²) in [5.41, 5.74) is 5.19. The summed E-state index contributed by atoms with van der Waals surface area (Å²) in [5.74, 6) is 1.26. The minimum atomic E-state index is -0.626. The van der Waals surface area contributed by atoms with E-state index in [9.17, 15) is 4.79 Å². The number of carbonyl (C=O) groups is 1. The van der Waals surface area contributed by atoms with E-state index in [1.54, 1.807) is 0 Å². The number of carbonyl (C=O) groups excluding carboxylic acids is 1.